The van der Waals surface area contributed by atoms with Crippen molar-refractivity contribution in [2.45, 2.75) is 25.9 Å². The number of hydrogen-bond acceptors (Lipinski definition) is 2. The molecule has 5 heteroatoms. The highest BCUT2D eigenvalue weighted by molar-refractivity contribution is 6.35. The van der Waals surface area contributed by atoms with Crippen molar-refractivity contribution in [3.05, 3.63) is 58.1 Å². The number of nitrogens with zero attached hydrogens (tertiary/aromatic N) is 1. The van der Waals surface area contributed by atoms with Gasteiger partial charge in [-0.15, -0.1) is 0 Å². The molecule has 1 amide bonds. The number of amides is 1. The van der Waals surface area contributed by atoms with Crippen LogP contribution < -0.4 is 9.64 Å². The highest BCUT2D eigenvalue weighted by Crippen LogP contribution is 2.30. The molecule has 1 unspecified atom stereocenters. The van der Waals surface area contributed by atoms with Gasteiger partial charge >= 0.3 is 0 Å². The van der Waals surface area contributed by atoms with Gasteiger partial charge in [0.15, 0.2) is 6.10 Å². The largest absolute Gasteiger partial charge is 0.479 e. The minimum absolute atomic E-state index is 0.0665. The summed E-state index contributed by atoms with van der Waals surface area (Å²) in [6.07, 6.45) is 1.33. The summed E-state index contributed by atoms with van der Waals surface area (Å²) in [6, 6.07) is 13.0. The Morgan fingerprint density at radius 1 is 1.22 bits per heavy atom. The molecule has 0 spiro atoms. The van der Waals surface area contributed by atoms with Crippen molar-refractivity contribution in [2.24, 2.45) is 0 Å². The van der Waals surface area contributed by atoms with E-state index in [-0.39, 0.29) is 5.91 Å². The van der Waals surface area contributed by atoms with Crippen LogP contribution in [0.2, 0.25) is 10.0 Å². The molecule has 0 aromatic heterocycles. The maximum Gasteiger partial charge on any atom is 0.267 e. The predicted octanol–water partition coefficient (Wildman–Crippen LogP) is 4.74. The molecule has 1 heterocycles. The zero-order valence-corrected chi connectivity index (χ0v) is 14.3. The standard InChI is InChI=1S/C18H17Cl2NO2/c1-12(23-17-9-8-14(19)11-15(17)20)18(22)21-10-4-6-13-5-2-3-7-16(13)21/h2-3,5,7-9,11-12H,4,6,10H2,1H3. The number of anilines is 1. The van der Waals surface area contributed by atoms with E-state index in [0.717, 1.165) is 18.5 Å². The summed E-state index contributed by atoms with van der Waals surface area (Å²) in [7, 11) is 0. The van der Waals surface area contributed by atoms with Gasteiger partial charge in [-0.2, -0.15) is 0 Å². The van der Waals surface area contributed by atoms with Gasteiger partial charge < -0.3 is 9.64 Å². The van der Waals surface area contributed by atoms with E-state index in [1.165, 1.54) is 5.56 Å². The number of para-hydroxylation sites is 1. The minimum Gasteiger partial charge on any atom is -0.479 e. The van der Waals surface area contributed by atoms with E-state index in [0.29, 0.717) is 22.3 Å². The Bertz CT molecular complexity index is 733. The third-order valence-electron chi connectivity index (χ3n) is 3.92. The number of hydrogen-bond donors (Lipinski definition) is 0. The van der Waals surface area contributed by atoms with E-state index in [4.69, 9.17) is 27.9 Å². The lowest BCUT2D eigenvalue weighted by Gasteiger charge is -2.31. The van der Waals surface area contributed by atoms with Crippen LogP contribution in [0.15, 0.2) is 42.5 Å². The van der Waals surface area contributed by atoms with Crippen molar-refractivity contribution >= 4 is 34.8 Å². The van der Waals surface area contributed by atoms with E-state index in [1.54, 1.807) is 30.0 Å². The fraction of sp³-hybridized carbons (Fsp3) is 0.278. The summed E-state index contributed by atoms with van der Waals surface area (Å²) in [5, 5.41) is 0.933. The summed E-state index contributed by atoms with van der Waals surface area (Å²) in [5.41, 5.74) is 2.17. The summed E-state index contributed by atoms with van der Waals surface area (Å²) in [5.74, 6) is 0.394. The molecule has 0 N–H and O–H groups in total. The van der Waals surface area contributed by atoms with Gasteiger partial charge in [-0.05, 0) is 49.6 Å². The number of carbonyl (C=O) groups is 1. The van der Waals surface area contributed by atoms with Crippen molar-refractivity contribution in [2.75, 3.05) is 11.4 Å². The molecule has 1 atom stereocenters. The van der Waals surface area contributed by atoms with Crippen LogP contribution in [0.25, 0.3) is 0 Å². The maximum absolute atomic E-state index is 12.8. The second-order valence-electron chi connectivity index (χ2n) is 5.56. The Kier molecular flexibility index (Phi) is 4.79. The number of benzene rings is 2. The number of fused-ring (bicyclic) bond motifs is 1. The first kappa shape index (κ1) is 16.2. The van der Waals surface area contributed by atoms with E-state index < -0.39 is 6.10 Å². The molecule has 120 valence electrons. The van der Waals surface area contributed by atoms with Crippen LogP contribution in [0.4, 0.5) is 5.69 Å². The molecule has 3 rings (SSSR count). The number of rotatable bonds is 3. The first-order chi connectivity index (χ1) is 11.1. The van der Waals surface area contributed by atoms with E-state index in [1.807, 2.05) is 18.2 Å². The molecule has 1 aliphatic rings. The lowest BCUT2D eigenvalue weighted by molar-refractivity contribution is -0.124. The van der Waals surface area contributed by atoms with Gasteiger partial charge in [-0.3, -0.25) is 4.79 Å². The molecule has 0 radical (unpaired) electrons. The Morgan fingerprint density at radius 3 is 2.78 bits per heavy atom. The second-order valence-corrected chi connectivity index (χ2v) is 6.40. The number of ether oxygens (including phenoxy) is 1. The zero-order valence-electron chi connectivity index (χ0n) is 12.8. The van der Waals surface area contributed by atoms with Crippen LogP contribution in [0.1, 0.15) is 18.9 Å². The summed E-state index contributed by atoms with van der Waals surface area (Å²) in [6.45, 7) is 2.45. The van der Waals surface area contributed by atoms with Crippen LogP contribution in [-0.4, -0.2) is 18.6 Å². The topological polar surface area (TPSA) is 29.5 Å². The summed E-state index contributed by atoms with van der Waals surface area (Å²) >= 11 is 12.0. The predicted molar refractivity (Wildman–Crippen MR) is 93.7 cm³/mol. The normalized spacial score (nSPS) is 15.0. The minimum atomic E-state index is -0.625. The summed E-state index contributed by atoms with van der Waals surface area (Å²) < 4.78 is 5.75. The second kappa shape index (κ2) is 6.81. The molecule has 1 aliphatic heterocycles. The molecule has 23 heavy (non-hydrogen) atoms. The van der Waals surface area contributed by atoms with Gasteiger partial charge in [0.05, 0.1) is 5.02 Å². The van der Waals surface area contributed by atoms with E-state index in [9.17, 15) is 4.79 Å². The Balaban J connectivity index is 1.78. The number of carbonyl (C=O) groups excluding carboxylic acids is 1. The van der Waals surface area contributed by atoms with Crippen molar-refractivity contribution < 1.29 is 9.53 Å². The molecular weight excluding hydrogens is 333 g/mol. The molecule has 2 aromatic rings. The first-order valence-electron chi connectivity index (χ1n) is 7.57. The number of aryl methyl sites for hydroxylation is 1. The Labute approximate surface area is 145 Å². The van der Waals surface area contributed by atoms with Crippen molar-refractivity contribution in [3.8, 4) is 5.75 Å². The van der Waals surface area contributed by atoms with Gasteiger partial charge in [0, 0.05) is 17.3 Å². The Morgan fingerprint density at radius 2 is 2.00 bits per heavy atom. The highest BCUT2D eigenvalue weighted by atomic mass is 35.5. The third kappa shape index (κ3) is 3.46. The smallest absolute Gasteiger partial charge is 0.267 e. The SMILES string of the molecule is CC(Oc1ccc(Cl)cc1Cl)C(=O)N1CCCc2ccccc21. The van der Waals surface area contributed by atoms with Crippen LogP contribution in [0, 0.1) is 0 Å². The quantitative estimate of drug-likeness (QED) is 0.800. The fourth-order valence-electron chi connectivity index (χ4n) is 2.79. The first-order valence-corrected chi connectivity index (χ1v) is 8.33. The summed E-state index contributed by atoms with van der Waals surface area (Å²) in [4.78, 5) is 14.6. The van der Waals surface area contributed by atoms with Gasteiger partial charge in [0.2, 0.25) is 0 Å². The lowest BCUT2D eigenvalue weighted by atomic mass is 10.0. The average molecular weight is 350 g/mol. The molecule has 3 nitrogen and oxygen atoms in total. The van der Waals surface area contributed by atoms with Crippen LogP contribution in [0.5, 0.6) is 5.75 Å². The molecule has 2 aromatic carbocycles. The fourth-order valence-corrected chi connectivity index (χ4v) is 3.25. The van der Waals surface area contributed by atoms with Crippen LogP contribution in [0.3, 0.4) is 0 Å². The molecule has 0 saturated carbocycles. The van der Waals surface area contributed by atoms with Gasteiger partial charge in [0.1, 0.15) is 5.75 Å². The molecular formula is C18H17Cl2NO2. The van der Waals surface area contributed by atoms with Gasteiger partial charge in [-0.25, -0.2) is 0 Å². The van der Waals surface area contributed by atoms with Crippen molar-refractivity contribution in [3.63, 3.8) is 0 Å². The third-order valence-corrected chi connectivity index (χ3v) is 4.45. The molecule has 0 aliphatic carbocycles. The molecule has 0 saturated heterocycles. The molecule has 0 fully saturated rings. The van der Waals surface area contributed by atoms with Crippen LogP contribution in [-0.2, 0) is 11.2 Å². The Hall–Kier alpha value is -1.71. The molecule has 0 bridgehead atoms. The lowest BCUT2D eigenvalue weighted by Crippen LogP contribution is -2.43. The number of halogens is 2. The van der Waals surface area contributed by atoms with E-state index in [2.05, 4.69) is 6.07 Å². The van der Waals surface area contributed by atoms with E-state index >= 15 is 0 Å². The van der Waals surface area contributed by atoms with Gasteiger partial charge in [-0.1, -0.05) is 41.4 Å². The average Bonchev–Trinajstić information content (AvgIpc) is 2.56. The zero-order chi connectivity index (χ0) is 16.4. The van der Waals surface area contributed by atoms with Crippen LogP contribution >= 0.6 is 23.2 Å². The van der Waals surface area contributed by atoms with Crippen molar-refractivity contribution in [1.82, 2.24) is 0 Å². The van der Waals surface area contributed by atoms with Gasteiger partial charge in [0.25, 0.3) is 5.91 Å². The van der Waals surface area contributed by atoms with Crippen molar-refractivity contribution in [1.29, 1.82) is 0 Å². The highest BCUT2D eigenvalue weighted by Gasteiger charge is 2.27. The monoisotopic (exact) mass is 349 g/mol. The maximum atomic E-state index is 12.8.